The van der Waals surface area contributed by atoms with Crippen LogP contribution in [-0.4, -0.2) is 36.9 Å². The lowest BCUT2D eigenvalue weighted by Gasteiger charge is -2.41. The van der Waals surface area contributed by atoms with Crippen LogP contribution >= 0.6 is 11.6 Å². The van der Waals surface area contributed by atoms with E-state index in [1.54, 1.807) is 0 Å². The van der Waals surface area contributed by atoms with Crippen molar-refractivity contribution in [3.05, 3.63) is 34.3 Å². The summed E-state index contributed by atoms with van der Waals surface area (Å²) in [6.07, 6.45) is 10.6. The summed E-state index contributed by atoms with van der Waals surface area (Å²) in [4.78, 5) is 8.12. The smallest absolute Gasteiger partial charge is 0.114 e. The third kappa shape index (κ3) is 3.66. The van der Waals surface area contributed by atoms with Crippen LogP contribution in [0.4, 0.5) is 0 Å². The van der Waals surface area contributed by atoms with Crippen LogP contribution in [0.25, 0.3) is 0 Å². The molecule has 0 amide bonds. The Kier molecular flexibility index (Phi) is 5.56. The fourth-order valence-electron chi connectivity index (χ4n) is 5.29. The Bertz CT molecular complexity index is 658. The summed E-state index contributed by atoms with van der Waals surface area (Å²) in [5.74, 6) is 0.929. The second kappa shape index (κ2) is 7.90. The molecule has 0 unspecified atom stereocenters. The topological polar surface area (TPSA) is 24.8 Å². The van der Waals surface area contributed by atoms with Gasteiger partial charge in [-0.3, -0.25) is 0 Å². The quantitative estimate of drug-likeness (QED) is 0.659. The predicted octanol–water partition coefficient (Wildman–Crippen LogP) is 5.40. The summed E-state index contributed by atoms with van der Waals surface area (Å²) in [6, 6.07) is 6.31. The molecule has 3 nitrogen and oxygen atoms in total. The van der Waals surface area contributed by atoms with Crippen LogP contribution < -0.4 is 0 Å². The van der Waals surface area contributed by atoms with Crippen LogP contribution in [0.2, 0.25) is 5.02 Å². The molecule has 142 valence electrons. The summed E-state index contributed by atoms with van der Waals surface area (Å²) in [6.45, 7) is 6.31. The molecule has 2 aliphatic carbocycles. The molecular weight excluding hydrogens is 344 g/mol. The zero-order valence-corrected chi connectivity index (χ0v) is 16.7. The number of hydrogen-bond acceptors (Lipinski definition) is 3. The molecular formula is C22H31ClN2O. The number of halogens is 1. The van der Waals surface area contributed by atoms with E-state index in [0.717, 1.165) is 23.1 Å². The first-order valence-electron chi connectivity index (χ1n) is 10.4. The highest BCUT2D eigenvalue weighted by atomic mass is 35.5. The summed E-state index contributed by atoms with van der Waals surface area (Å²) in [5, 5.41) is 5.27. The maximum absolute atomic E-state index is 6.35. The van der Waals surface area contributed by atoms with Crippen LogP contribution in [0.5, 0.6) is 0 Å². The molecule has 1 aliphatic heterocycles. The van der Waals surface area contributed by atoms with Crippen molar-refractivity contribution in [3.8, 4) is 0 Å². The molecule has 1 saturated carbocycles. The Morgan fingerprint density at radius 2 is 1.96 bits per heavy atom. The lowest BCUT2D eigenvalue weighted by Crippen LogP contribution is -2.43. The Balaban J connectivity index is 1.48. The first kappa shape index (κ1) is 18.3. The van der Waals surface area contributed by atoms with Crippen molar-refractivity contribution < 1.29 is 4.84 Å². The molecule has 1 saturated heterocycles. The summed E-state index contributed by atoms with van der Waals surface area (Å²) < 4.78 is 0. The van der Waals surface area contributed by atoms with Crippen LogP contribution in [0, 0.1) is 5.92 Å². The second-order valence-electron chi connectivity index (χ2n) is 8.41. The van der Waals surface area contributed by atoms with E-state index in [1.165, 1.54) is 75.7 Å². The van der Waals surface area contributed by atoms with E-state index in [4.69, 9.17) is 16.4 Å². The van der Waals surface area contributed by atoms with Crippen molar-refractivity contribution in [2.24, 2.45) is 11.1 Å². The first-order chi connectivity index (χ1) is 12.7. The molecule has 0 atom stereocenters. The number of fused-ring (bicyclic) bond motifs is 2. The molecule has 26 heavy (non-hydrogen) atoms. The molecule has 4 heteroatoms. The number of benzene rings is 1. The highest BCUT2D eigenvalue weighted by Crippen LogP contribution is 2.47. The second-order valence-corrected chi connectivity index (χ2v) is 8.84. The minimum Gasteiger partial charge on any atom is -0.396 e. The van der Waals surface area contributed by atoms with Crippen molar-refractivity contribution in [2.75, 3.05) is 26.2 Å². The maximum Gasteiger partial charge on any atom is 0.114 e. The Morgan fingerprint density at radius 1 is 1.19 bits per heavy atom. The summed E-state index contributed by atoms with van der Waals surface area (Å²) >= 11 is 6.35. The van der Waals surface area contributed by atoms with Crippen molar-refractivity contribution in [1.82, 2.24) is 4.90 Å². The van der Waals surface area contributed by atoms with E-state index in [2.05, 4.69) is 22.2 Å². The minimum absolute atomic E-state index is 0.208. The molecule has 0 radical (unpaired) electrons. The standard InChI is InChI=1S/C22H31ClN2O/c1-2-26-24-21-15-22(20-14-18(23)8-9-19(20)21)10-12-25(13-11-22)16-17-6-4-3-5-7-17/h8-9,14,17H,2-7,10-13,15-16H2,1H3/b24-21+. The Hall–Kier alpha value is -1.06. The molecule has 3 aliphatic rings. The van der Waals surface area contributed by atoms with Crippen LogP contribution in [0.3, 0.4) is 0 Å². The van der Waals surface area contributed by atoms with Gasteiger partial charge in [-0.15, -0.1) is 0 Å². The van der Waals surface area contributed by atoms with Crippen LogP contribution in [0.1, 0.15) is 69.4 Å². The molecule has 1 aromatic carbocycles. The van der Waals surface area contributed by atoms with Crippen molar-refractivity contribution >= 4 is 17.3 Å². The fraction of sp³-hybridized carbons (Fsp3) is 0.682. The van der Waals surface area contributed by atoms with Gasteiger partial charge in [0.1, 0.15) is 6.61 Å². The first-order valence-corrected chi connectivity index (χ1v) is 10.8. The third-order valence-electron chi connectivity index (χ3n) is 6.73. The average Bonchev–Trinajstić information content (AvgIpc) is 2.96. The Labute approximate surface area is 162 Å². The van der Waals surface area contributed by atoms with Gasteiger partial charge in [-0.05, 0) is 69.3 Å². The molecule has 0 bridgehead atoms. The molecule has 4 rings (SSSR count). The normalized spacial score (nSPS) is 24.9. The van der Waals surface area contributed by atoms with Gasteiger partial charge in [0.25, 0.3) is 0 Å². The number of hydrogen-bond donors (Lipinski definition) is 0. The zero-order chi connectivity index (χ0) is 18.0. The number of oxime groups is 1. The van der Waals surface area contributed by atoms with E-state index >= 15 is 0 Å². The number of likely N-dealkylation sites (tertiary alicyclic amines) is 1. The van der Waals surface area contributed by atoms with E-state index in [1.807, 2.05) is 13.0 Å². The number of nitrogens with zero attached hydrogens (tertiary/aromatic N) is 2. The van der Waals surface area contributed by atoms with Crippen LogP contribution in [0.15, 0.2) is 23.4 Å². The summed E-state index contributed by atoms with van der Waals surface area (Å²) in [7, 11) is 0. The third-order valence-corrected chi connectivity index (χ3v) is 6.96. The van der Waals surface area contributed by atoms with Crippen molar-refractivity contribution in [1.29, 1.82) is 0 Å². The van der Waals surface area contributed by atoms with Gasteiger partial charge in [0.05, 0.1) is 5.71 Å². The highest BCUT2D eigenvalue weighted by Gasteiger charge is 2.44. The van der Waals surface area contributed by atoms with Gasteiger partial charge < -0.3 is 9.74 Å². The lowest BCUT2D eigenvalue weighted by molar-refractivity contribution is 0.130. The van der Waals surface area contributed by atoms with E-state index in [9.17, 15) is 0 Å². The van der Waals surface area contributed by atoms with E-state index in [0.29, 0.717) is 6.61 Å². The minimum atomic E-state index is 0.208. The van der Waals surface area contributed by atoms with Gasteiger partial charge in [0, 0.05) is 29.0 Å². The number of rotatable bonds is 4. The largest absolute Gasteiger partial charge is 0.396 e. The van der Waals surface area contributed by atoms with Gasteiger partial charge >= 0.3 is 0 Å². The SMILES string of the molecule is CCO/N=C1\CC2(CCN(CC3CCCCC3)CC2)c2cc(Cl)ccc21. The molecule has 0 aromatic heterocycles. The highest BCUT2D eigenvalue weighted by molar-refractivity contribution is 6.31. The van der Waals surface area contributed by atoms with E-state index < -0.39 is 0 Å². The predicted molar refractivity (Wildman–Crippen MR) is 108 cm³/mol. The maximum atomic E-state index is 6.35. The molecule has 0 N–H and O–H groups in total. The van der Waals surface area contributed by atoms with Gasteiger partial charge in [-0.1, -0.05) is 42.1 Å². The van der Waals surface area contributed by atoms with Gasteiger partial charge in [-0.2, -0.15) is 0 Å². The summed E-state index contributed by atoms with van der Waals surface area (Å²) in [5.41, 5.74) is 3.97. The van der Waals surface area contributed by atoms with Crippen LogP contribution in [-0.2, 0) is 10.3 Å². The van der Waals surface area contributed by atoms with E-state index in [-0.39, 0.29) is 5.41 Å². The zero-order valence-electron chi connectivity index (χ0n) is 16.0. The average molecular weight is 375 g/mol. The Morgan fingerprint density at radius 3 is 2.69 bits per heavy atom. The van der Waals surface area contributed by atoms with Gasteiger partial charge in [0.2, 0.25) is 0 Å². The lowest BCUT2D eigenvalue weighted by atomic mass is 9.73. The molecule has 1 spiro atoms. The monoisotopic (exact) mass is 374 g/mol. The fourth-order valence-corrected chi connectivity index (χ4v) is 5.46. The molecule has 1 heterocycles. The molecule has 1 aromatic rings. The molecule has 2 fully saturated rings. The van der Waals surface area contributed by atoms with Gasteiger partial charge in [0.15, 0.2) is 0 Å². The van der Waals surface area contributed by atoms with Crippen molar-refractivity contribution in [3.63, 3.8) is 0 Å². The van der Waals surface area contributed by atoms with Gasteiger partial charge in [-0.25, -0.2) is 0 Å². The number of piperidine rings is 1. The van der Waals surface area contributed by atoms with Crippen molar-refractivity contribution in [2.45, 2.75) is 63.7 Å².